The van der Waals surface area contributed by atoms with Crippen LogP contribution >= 0.6 is 11.6 Å². The monoisotopic (exact) mass is 295 g/mol. The molecule has 6 heteroatoms. The van der Waals surface area contributed by atoms with Gasteiger partial charge in [0, 0.05) is 17.7 Å². The molecule has 0 aliphatic rings. The molecule has 2 rings (SSSR count). The first kappa shape index (κ1) is 14.3. The Kier molecular flexibility index (Phi) is 4.20. The standard InChI is InChI=1S/C14H11ClFNO3/c1-9-7-11(17(18)19)5-6-13(9)20-14-10(8-15)3-2-4-12(14)16/h2-7H,8H2,1H3. The molecule has 0 atom stereocenters. The Labute approximate surface area is 119 Å². The van der Waals surface area contributed by atoms with Gasteiger partial charge >= 0.3 is 0 Å². The predicted octanol–water partition coefficient (Wildman–Crippen LogP) is 4.57. The SMILES string of the molecule is Cc1cc([N+](=O)[O-])ccc1Oc1c(F)cccc1CCl. The summed E-state index contributed by atoms with van der Waals surface area (Å²) in [7, 11) is 0. The smallest absolute Gasteiger partial charge is 0.269 e. The van der Waals surface area contributed by atoms with E-state index in [0.29, 0.717) is 16.9 Å². The van der Waals surface area contributed by atoms with Gasteiger partial charge in [0.15, 0.2) is 11.6 Å². The summed E-state index contributed by atoms with van der Waals surface area (Å²) in [4.78, 5) is 10.2. The summed E-state index contributed by atoms with van der Waals surface area (Å²) in [6.07, 6.45) is 0. The molecule has 0 amide bonds. The number of nitro benzene ring substituents is 1. The first-order chi connectivity index (χ1) is 9.52. The summed E-state index contributed by atoms with van der Waals surface area (Å²) < 4.78 is 19.3. The molecule has 0 saturated carbocycles. The van der Waals surface area contributed by atoms with Crippen molar-refractivity contribution >= 4 is 17.3 Å². The molecule has 0 unspecified atom stereocenters. The first-order valence-electron chi connectivity index (χ1n) is 5.79. The van der Waals surface area contributed by atoms with Gasteiger partial charge in [-0.15, -0.1) is 11.6 Å². The second-order valence-electron chi connectivity index (χ2n) is 4.17. The quantitative estimate of drug-likeness (QED) is 0.471. The molecule has 0 aliphatic carbocycles. The third-order valence-electron chi connectivity index (χ3n) is 2.77. The molecule has 0 aliphatic heterocycles. The van der Waals surface area contributed by atoms with Gasteiger partial charge in [0.25, 0.3) is 5.69 Å². The lowest BCUT2D eigenvalue weighted by Crippen LogP contribution is -1.96. The van der Waals surface area contributed by atoms with Crippen LogP contribution < -0.4 is 4.74 Å². The van der Waals surface area contributed by atoms with Crippen LogP contribution in [-0.4, -0.2) is 4.92 Å². The van der Waals surface area contributed by atoms with E-state index in [2.05, 4.69) is 0 Å². The topological polar surface area (TPSA) is 52.4 Å². The van der Waals surface area contributed by atoms with Gasteiger partial charge in [-0.25, -0.2) is 4.39 Å². The maximum absolute atomic E-state index is 13.8. The number of alkyl halides is 1. The summed E-state index contributed by atoms with van der Waals surface area (Å²) >= 11 is 5.74. The molecule has 0 heterocycles. The number of nitrogens with zero attached hydrogens (tertiary/aromatic N) is 1. The van der Waals surface area contributed by atoms with Gasteiger partial charge in [-0.2, -0.15) is 0 Å². The van der Waals surface area contributed by atoms with Crippen molar-refractivity contribution in [1.82, 2.24) is 0 Å². The van der Waals surface area contributed by atoms with E-state index in [9.17, 15) is 14.5 Å². The number of halogens is 2. The van der Waals surface area contributed by atoms with Crippen LogP contribution in [0.25, 0.3) is 0 Å². The minimum atomic E-state index is -0.527. The van der Waals surface area contributed by atoms with Gasteiger partial charge in [-0.3, -0.25) is 10.1 Å². The highest BCUT2D eigenvalue weighted by molar-refractivity contribution is 6.17. The molecular formula is C14H11ClFNO3. The Hall–Kier alpha value is -2.14. The molecule has 0 aromatic heterocycles. The normalized spacial score (nSPS) is 10.3. The number of para-hydroxylation sites is 1. The van der Waals surface area contributed by atoms with Crippen LogP contribution in [0.5, 0.6) is 11.5 Å². The third-order valence-corrected chi connectivity index (χ3v) is 3.06. The Morgan fingerprint density at radius 2 is 2.10 bits per heavy atom. The van der Waals surface area contributed by atoms with E-state index in [-0.39, 0.29) is 17.3 Å². The first-order valence-corrected chi connectivity index (χ1v) is 6.32. The molecule has 0 fully saturated rings. The lowest BCUT2D eigenvalue weighted by molar-refractivity contribution is -0.384. The van der Waals surface area contributed by atoms with Gasteiger partial charge in [0.05, 0.1) is 10.8 Å². The second-order valence-corrected chi connectivity index (χ2v) is 4.44. The number of ether oxygens (including phenoxy) is 1. The summed E-state index contributed by atoms with van der Waals surface area (Å²) in [5.74, 6) is -0.0218. The predicted molar refractivity (Wildman–Crippen MR) is 73.9 cm³/mol. The van der Waals surface area contributed by atoms with Gasteiger partial charge in [0.1, 0.15) is 5.75 Å². The van der Waals surface area contributed by atoms with Crippen LogP contribution in [-0.2, 0) is 5.88 Å². The number of benzene rings is 2. The van der Waals surface area contributed by atoms with Crippen molar-refractivity contribution in [2.24, 2.45) is 0 Å². The molecule has 0 N–H and O–H groups in total. The van der Waals surface area contributed by atoms with Crippen LogP contribution in [0.1, 0.15) is 11.1 Å². The molecule has 0 radical (unpaired) electrons. The number of nitro groups is 1. The average molecular weight is 296 g/mol. The summed E-state index contributed by atoms with van der Waals surface area (Å²) in [6, 6.07) is 8.60. The van der Waals surface area contributed by atoms with Crippen LogP contribution in [0.15, 0.2) is 36.4 Å². The van der Waals surface area contributed by atoms with Crippen molar-refractivity contribution in [3.63, 3.8) is 0 Å². The highest BCUT2D eigenvalue weighted by atomic mass is 35.5. The molecular weight excluding hydrogens is 285 g/mol. The van der Waals surface area contributed by atoms with E-state index in [1.54, 1.807) is 19.1 Å². The molecule has 0 spiro atoms. The number of hydrogen-bond donors (Lipinski definition) is 0. The van der Waals surface area contributed by atoms with E-state index in [4.69, 9.17) is 16.3 Å². The zero-order valence-electron chi connectivity index (χ0n) is 10.6. The molecule has 2 aromatic rings. The third kappa shape index (κ3) is 2.88. The van der Waals surface area contributed by atoms with Crippen LogP contribution in [0.4, 0.5) is 10.1 Å². The number of aryl methyl sites for hydroxylation is 1. The Balaban J connectivity index is 2.38. The molecule has 2 aromatic carbocycles. The highest BCUT2D eigenvalue weighted by Crippen LogP contribution is 2.32. The van der Waals surface area contributed by atoms with E-state index < -0.39 is 10.7 Å². The second kappa shape index (κ2) is 5.88. The molecule has 0 bridgehead atoms. The number of non-ortho nitro benzene ring substituents is 1. The van der Waals surface area contributed by atoms with Crippen molar-refractivity contribution in [3.05, 3.63) is 63.5 Å². The Morgan fingerprint density at radius 1 is 1.35 bits per heavy atom. The fourth-order valence-electron chi connectivity index (χ4n) is 1.74. The largest absolute Gasteiger partial charge is 0.454 e. The molecule has 20 heavy (non-hydrogen) atoms. The number of rotatable bonds is 4. The lowest BCUT2D eigenvalue weighted by atomic mass is 10.2. The van der Waals surface area contributed by atoms with Crippen LogP contribution in [0, 0.1) is 22.9 Å². The van der Waals surface area contributed by atoms with Crippen LogP contribution in [0.2, 0.25) is 0 Å². The molecule has 4 nitrogen and oxygen atoms in total. The fourth-order valence-corrected chi connectivity index (χ4v) is 1.96. The minimum Gasteiger partial charge on any atom is -0.454 e. The zero-order chi connectivity index (χ0) is 14.7. The lowest BCUT2D eigenvalue weighted by Gasteiger charge is -2.12. The Morgan fingerprint density at radius 3 is 2.70 bits per heavy atom. The zero-order valence-corrected chi connectivity index (χ0v) is 11.4. The molecule has 104 valence electrons. The van der Waals surface area contributed by atoms with E-state index in [0.717, 1.165) is 0 Å². The highest BCUT2D eigenvalue weighted by Gasteiger charge is 2.14. The van der Waals surface area contributed by atoms with Gasteiger partial charge in [-0.1, -0.05) is 12.1 Å². The maximum atomic E-state index is 13.8. The van der Waals surface area contributed by atoms with Gasteiger partial charge in [0.2, 0.25) is 0 Å². The summed E-state index contributed by atoms with van der Waals surface area (Å²) in [5, 5.41) is 10.7. The minimum absolute atomic E-state index is 0.0408. The van der Waals surface area contributed by atoms with Crippen molar-refractivity contribution in [2.75, 3.05) is 0 Å². The van der Waals surface area contributed by atoms with Crippen LogP contribution in [0.3, 0.4) is 0 Å². The van der Waals surface area contributed by atoms with Crippen molar-refractivity contribution in [2.45, 2.75) is 12.8 Å². The van der Waals surface area contributed by atoms with Crippen molar-refractivity contribution in [1.29, 1.82) is 0 Å². The molecule has 0 saturated heterocycles. The van der Waals surface area contributed by atoms with Gasteiger partial charge in [-0.05, 0) is 24.6 Å². The average Bonchev–Trinajstić information content (AvgIpc) is 2.42. The van der Waals surface area contributed by atoms with Crippen molar-refractivity contribution < 1.29 is 14.1 Å². The fraction of sp³-hybridized carbons (Fsp3) is 0.143. The number of hydrogen-bond acceptors (Lipinski definition) is 3. The van der Waals surface area contributed by atoms with E-state index >= 15 is 0 Å². The van der Waals surface area contributed by atoms with Gasteiger partial charge < -0.3 is 4.74 Å². The van der Waals surface area contributed by atoms with E-state index in [1.165, 1.54) is 24.3 Å². The maximum Gasteiger partial charge on any atom is 0.269 e. The summed E-state index contributed by atoms with van der Waals surface area (Å²) in [5.41, 5.74) is 1.02. The summed E-state index contributed by atoms with van der Waals surface area (Å²) in [6.45, 7) is 1.66. The van der Waals surface area contributed by atoms with E-state index in [1.807, 2.05) is 0 Å². The van der Waals surface area contributed by atoms with Crippen molar-refractivity contribution in [3.8, 4) is 11.5 Å². The Bertz CT molecular complexity index is 661.